The zero-order chi connectivity index (χ0) is 14.0. The van der Waals surface area contributed by atoms with Crippen LogP contribution in [0.4, 0.5) is 0 Å². The summed E-state index contributed by atoms with van der Waals surface area (Å²) in [6.07, 6.45) is 0.990. The molecule has 1 heterocycles. The molecule has 1 saturated heterocycles. The number of imide groups is 1. The van der Waals surface area contributed by atoms with Crippen molar-refractivity contribution in [1.82, 2.24) is 9.62 Å². The number of carbonyl (C=O) groups excluding carboxylic acids is 2. The van der Waals surface area contributed by atoms with Gasteiger partial charge in [0.1, 0.15) is 5.54 Å². The minimum atomic E-state index is -3.64. The van der Waals surface area contributed by atoms with E-state index in [1.54, 1.807) is 0 Å². The molecule has 18 heavy (non-hydrogen) atoms. The van der Waals surface area contributed by atoms with Gasteiger partial charge in [-0.15, -0.1) is 11.6 Å². The molecule has 1 fully saturated rings. The van der Waals surface area contributed by atoms with Crippen molar-refractivity contribution < 1.29 is 18.0 Å². The van der Waals surface area contributed by atoms with Gasteiger partial charge in [-0.05, 0) is 26.7 Å². The van der Waals surface area contributed by atoms with Crippen LogP contribution >= 0.6 is 11.6 Å². The molecule has 0 bridgehead atoms. The fraction of sp³-hybridized carbons (Fsp3) is 0.800. The molecule has 104 valence electrons. The van der Waals surface area contributed by atoms with Crippen LogP contribution < -0.4 is 5.32 Å². The number of hydrogen-bond acceptors (Lipinski definition) is 4. The average molecular weight is 297 g/mol. The molecule has 1 N–H and O–H groups in total. The Morgan fingerprint density at radius 1 is 1.33 bits per heavy atom. The highest BCUT2D eigenvalue weighted by atomic mass is 35.5. The number of carbonyl (C=O) groups is 2. The standard InChI is InChI=1S/C10H17ClN2O4S/c1-10(2)9(15)12-8(14)7-13(10)18(16,17)6-4-3-5-11/h3-7H2,1-2H3,(H,12,14,15). The Morgan fingerprint density at radius 3 is 2.50 bits per heavy atom. The molecule has 0 atom stereocenters. The van der Waals surface area contributed by atoms with E-state index in [4.69, 9.17) is 11.6 Å². The minimum absolute atomic E-state index is 0.107. The maximum Gasteiger partial charge on any atom is 0.247 e. The van der Waals surface area contributed by atoms with E-state index in [9.17, 15) is 18.0 Å². The van der Waals surface area contributed by atoms with Crippen molar-refractivity contribution in [2.45, 2.75) is 32.2 Å². The molecule has 1 rings (SSSR count). The second-order valence-electron chi connectivity index (χ2n) is 4.66. The van der Waals surface area contributed by atoms with Crippen LogP contribution in [0, 0.1) is 0 Å². The highest BCUT2D eigenvalue weighted by molar-refractivity contribution is 7.89. The maximum atomic E-state index is 12.1. The van der Waals surface area contributed by atoms with Gasteiger partial charge in [-0.1, -0.05) is 0 Å². The van der Waals surface area contributed by atoms with Crippen LogP contribution in [0.25, 0.3) is 0 Å². The van der Waals surface area contributed by atoms with Crippen LogP contribution in [0.3, 0.4) is 0 Å². The third-order valence-electron chi connectivity index (χ3n) is 2.84. The smallest absolute Gasteiger partial charge is 0.247 e. The van der Waals surface area contributed by atoms with E-state index in [-0.39, 0.29) is 12.3 Å². The Hall–Kier alpha value is -0.660. The lowest BCUT2D eigenvalue weighted by Crippen LogP contribution is -2.65. The Labute approximate surface area is 112 Å². The van der Waals surface area contributed by atoms with Gasteiger partial charge in [0.15, 0.2) is 0 Å². The van der Waals surface area contributed by atoms with E-state index < -0.39 is 27.4 Å². The number of nitrogens with zero attached hydrogens (tertiary/aromatic N) is 1. The fourth-order valence-electron chi connectivity index (χ4n) is 1.70. The highest BCUT2D eigenvalue weighted by Gasteiger charge is 2.46. The largest absolute Gasteiger partial charge is 0.294 e. The Balaban J connectivity index is 2.91. The molecular formula is C10H17ClN2O4S. The van der Waals surface area contributed by atoms with E-state index >= 15 is 0 Å². The number of hydrogen-bond donors (Lipinski definition) is 1. The second kappa shape index (κ2) is 5.54. The van der Waals surface area contributed by atoms with Gasteiger partial charge in [-0.25, -0.2) is 8.42 Å². The Morgan fingerprint density at radius 2 is 1.94 bits per heavy atom. The zero-order valence-corrected chi connectivity index (χ0v) is 12.0. The summed E-state index contributed by atoms with van der Waals surface area (Å²) in [5.41, 5.74) is -1.24. The Kier molecular flexibility index (Phi) is 4.74. The van der Waals surface area contributed by atoms with Crippen LogP contribution in [0.5, 0.6) is 0 Å². The predicted octanol–water partition coefficient (Wildman–Crippen LogP) is 0.0722. The molecule has 0 aliphatic carbocycles. The van der Waals surface area contributed by atoms with E-state index in [2.05, 4.69) is 5.32 Å². The first-order valence-corrected chi connectivity index (χ1v) is 7.77. The van der Waals surface area contributed by atoms with Crippen molar-refractivity contribution >= 4 is 33.4 Å². The van der Waals surface area contributed by atoms with Crippen molar-refractivity contribution in [3.8, 4) is 0 Å². The molecule has 0 aromatic heterocycles. The van der Waals surface area contributed by atoms with Crippen LogP contribution in [0.2, 0.25) is 0 Å². The summed E-state index contributed by atoms with van der Waals surface area (Å²) in [5, 5.41) is 2.13. The van der Waals surface area contributed by atoms with E-state index in [1.807, 2.05) is 0 Å². The second-order valence-corrected chi connectivity index (χ2v) is 7.05. The first kappa shape index (κ1) is 15.4. The number of unbranched alkanes of at least 4 members (excludes halogenated alkanes) is 1. The van der Waals surface area contributed by atoms with Gasteiger partial charge in [-0.3, -0.25) is 14.9 Å². The van der Waals surface area contributed by atoms with Gasteiger partial charge in [-0.2, -0.15) is 4.31 Å². The molecule has 8 heteroatoms. The van der Waals surface area contributed by atoms with Gasteiger partial charge in [0.25, 0.3) is 0 Å². The summed E-state index contributed by atoms with van der Waals surface area (Å²) >= 11 is 5.49. The summed E-state index contributed by atoms with van der Waals surface area (Å²) in [6.45, 7) is 2.64. The van der Waals surface area contributed by atoms with E-state index in [0.29, 0.717) is 18.7 Å². The van der Waals surface area contributed by atoms with Crippen molar-refractivity contribution in [3.05, 3.63) is 0 Å². The maximum absolute atomic E-state index is 12.1. The normalized spacial score (nSPS) is 20.8. The number of nitrogens with one attached hydrogen (secondary N) is 1. The van der Waals surface area contributed by atoms with Crippen molar-refractivity contribution in [2.75, 3.05) is 18.2 Å². The Bertz CT molecular complexity index is 447. The van der Waals surface area contributed by atoms with Crippen molar-refractivity contribution in [3.63, 3.8) is 0 Å². The van der Waals surface area contributed by atoms with E-state index in [0.717, 1.165) is 4.31 Å². The molecule has 1 aliphatic rings. The molecular weight excluding hydrogens is 280 g/mol. The van der Waals surface area contributed by atoms with E-state index in [1.165, 1.54) is 13.8 Å². The summed E-state index contributed by atoms with van der Waals surface area (Å²) in [7, 11) is -3.64. The molecule has 0 aromatic carbocycles. The highest BCUT2D eigenvalue weighted by Crippen LogP contribution is 2.22. The fourth-order valence-corrected chi connectivity index (χ4v) is 3.77. The summed E-state index contributed by atoms with van der Waals surface area (Å²) in [4.78, 5) is 22.9. The third kappa shape index (κ3) is 3.21. The number of halogens is 1. The topological polar surface area (TPSA) is 83.6 Å². The first-order chi connectivity index (χ1) is 8.21. The van der Waals surface area contributed by atoms with Crippen LogP contribution in [0.15, 0.2) is 0 Å². The number of piperazine rings is 1. The molecule has 0 saturated carbocycles. The molecule has 1 aliphatic heterocycles. The average Bonchev–Trinajstić information content (AvgIpc) is 2.24. The summed E-state index contributed by atoms with van der Waals surface area (Å²) in [6, 6.07) is 0. The number of amides is 2. The van der Waals surface area contributed by atoms with Crippen LogP contribution in [-0.2, 0) is 19.6 Å². The van der Waals surface area contributed by atoms with Gasteiger partial charge < -0.3 is 0 Å². The number of rotatable bonds is 5. The number of alkyl halides is 1. The third-order valence-corrected chi connectivity index (χ3v) is 5.17. The number of sulfonamides is 1. The van der Waals surface area contributed by atoms with Gasteiger partial charge >= 0.3 is 0 Å². The van der Waals surface area contributed by atoms with Crippen molar-refractivity contribution in [2.24, 2.45) is 0 Å². The quantitative estimate of drug-likeness (QED) is 0.442. The van der Waals surface area contributed by atoms with Gasteiger partial charge in [0, 0.05) is 5.88 Å². The van der Waals surface area contributed by atoms with Gasteiger partial charge in [0.2, 0.25) is 21.8 Å². The summed E-state index contributed by atoms with van der Waals surface area (Å²) < 4.78 is 25.2. The lowest BCUT2D eigenvalue weighted by molar-refractivity contribution is -0.141. The van der Waals surface area contributed by atoms with Crippen LogP contribution in [0.1, 0.15) is 26.7 Å². The molecule has 0 unspecified atom stereocenters. The summed E-state index contributed by atoms with van der Waals surface area (Å²) in [5.74, 6) is -0.915. The van der Waals surface area contributed by atoms with Crippen molar-refractivity contribution in [1.29, 1.82) is 0 Å². The van der Waals surface area contributed by atoms with Crippen LogP contribution in [-0.4, -0.2) is 48.3 Å². The molecule has 0 spiro atoms. The lowest BCUT2D eigenvalue weighted by Gasteiger charge is -2.38. The molecule has 6 nitrogen and oxygen atoms in total. The molecule has 2 amide bonds. The predicted molar refractivity (Wildman–Crippen MR) is 67.7 cm³/mol. The lowest BCUT2D eigenvalue weighted by atomic mass is 10.0. The molecule has 0 radical (unpaired) electrons. The SMILES string of the molecule is CC1(C)C(=O)NC(=O)CN1S(=O)(=O)CCCCCl. The van der Waals surface area contributed by atoms with Gasteiger partial charge in [0.05, 0.1) is 12.3 Å². The molecule has 0 aromatic rings. The zero-order valence-electron chi connectivity index (χ0n) is 10.4. The minimum Gasteiger partial charge on any atom is -0.294 e. The monoisotopic (exact) mass is 296 g/mol. The first-order valence-electron chi connectivity index (χ1n) is 5.62.